The molecule has 3 rings (SSSR count). The van der Waals surface area contributed by atoms with Gasteiger partial charge in [-0.25, -0.2) is 14.8 Å². The van der Waals surface area contributed by atoms with Crippen molar-refractivity contribution >= 4 is 17.7 Å². The third kappa shape index (κ3) is 6.45. The molecule has 32 heavy (non-hydrogen) atoms. The van der Waals surface area contributed by atoms with Crippen molar-refractivity contribution < 1.29 is 9.53 Å². The fourth-order valence-corrected chi connectivity index (χ4v) is 3.33. The Kier molecular flexibility index (Phi) is 7.37. The Labute approximate surface area is 190 Å². The van der Waals surface area contributed by atoms with Crippen molar-refractivity contribution in [3.63, 3.8) is 0 Å². The summed E-state index contributed by atoms with van der Waals surface area (Å²) in [6.07, 6.45) is 3.27. The maximum atomic E-state index is 12.8. The first-order valence-corrected chi connectivity index (χ1v) is 11.1. The highest BCUT2D eigenvalue weighted by atomic mass is 16.6. The monoisotopic (exact) mass is 441 g/mol. The van der Waals surface area contributed by atoms with Crippen molar-refractivity contribution in [2.45, 2.75) is 72.2 Å². The van der Waals surface area contributed by atoms with Crippen LogP contribution in [0.5, 0.6) is 0 Å². The van der Waals surface area contributed by atoms with Crippen LogP contribution in [0.2, 0.25) is 0 Å². The van der Waals surface area contributed by atoms with Gasteiger partial charge in [0, 0.05) is 19.6 Å². The van der Waals surface area contributed by atoms with Crippen LogP contribution in [0.1, 0.15) is 57.5 Å². The van der Waals surface area contributed by atoms with E-state index in [2.05, 4.69) is 26.8 Å². The number of hydrogen-bond acceptors (Lipinski definition) is 5. The number of aliphatic imine (C=N–C) groups is 1. The molecule has 0 radical (unpaired) electrons. The van der Waals surface area contributed by atoms with Crippen molar-refractivity contribution in [3.05, 3.63) is 41.5 Å². The summed E-state index contributed by atoms with van der Waals surface area (Å²) < 4.78 is 7.38. The van der Waals surface area contributed by atoms with Crippen molar-refractivity contribution in [3.8, 4) is 0 Å². The number of benzene rings is 1. The molecule has 9 heteroatoms. The second-order valence-corrected chi connectivity index (χ2v) is 9.05. The zero-order valence-corrected chi connectivity index (χ0v) is 20.0. The molecular formula is C23H35N7O2. The van der Waals surface area contributed by atoms with Crippen LogP contribution < -0.4 is 15.5 Å². The Morgan fingerprint density at radius 1 is 1.31 bits per heavy atom. The van der Waals surface area contributed by atoms with Gasteiger partial charge in [-0.05, 0) is 64.7 Å². The smallest absolute Gasteiger partial charge is 0.415 e. The van der Waals surface area contributed by atoms with Gasteiger partial charge in [0.1, 0.15) is 17.8 Å². The van der Waals surface area contributed by atoms with Crippen LogP contribution in [0.4, 0.5) is 10.5 Å². The number of anilines is 1. The van der Waals surface area contributed by atoms with E-state index in [1.807, 2.05) is 53.8 Å². The molecule has 0 spiro atoms. The molecule has 1 saturated carbocycles. The lowest BCUT2D eigenvalue weighted by Gasteiger charge is -2.28. The van der Waals surface area contributed by atoms with Gasteiger partial charge in [-0.2, -0.15) is 5.10 Å². The highest BCUT2D eigenvalue weighted by molar-refractivity contribution is 5.90. The van der Waals surface area contributed by atoms with Crippen molar-refractivity contribution in [2.75, 3.05) is 11.4 Å². The second-order valence-electron chi connectivity index (χ2n) is 9.05. The molecule has 2 N–H and O–H groups in total. The summed E-state index contributed by atoms with van der Waals surface area (Å²) in [4.78, 5) is 23.5. The molecule has 0 bridgehead atoms. The summed E-state index contributed by atoms with van der Waals surface area (Å²) >= 11 is 0. The van der Waals surface area contributed by atoms with Crippen molar-refractivity contribution in [1.29, 1.82) is 0 Å². The molecule has 0 atom stereocenters. The number of ether oxygens (including phenoxy) is 1. The zero-order valence-electron chi connectivity index (χ0n) is 20.0. The Hall–Kier alpha value is -3.10. The number of nitrogens with zero attached hydrogens (tertiary/aromatic N) is 5. The topological polar surface area (TPSA) is 96.7 Å². The molecule has 2 aromatic rings. The summed E-state index contributed by atoms with van der Waals surface area (Å²) in [7, 11) is 1.86. The van der Waals surface area contributed by atoms with E-state index in [-0.39, 0.29) is 12.1 Å². The second kappa shape index (κ2) is 10.0. The minimum Gasteiger partial charge on any atom is -0.443 e. The lowest BCUT2D eigenvalue weighted by Crippen LogP contribution is -2.38. The fourth-order valence-electron chi connectivity index (χ4n) is 3.33. The predicted octanol–water partition coefficient (Wildman–Crippen LogP) is 3.28. The third-order valence-corrected chi connectivity index (χ3v) is 5.01. The number of rotatable bonds is 7. The molecule has 0 saturated heterocycles. The van der Waals surface area contributed by atoms with Crippen LogP contribution in [-0.4, -0.2) is 45.0 Å². The fraction of sp³-hybridized carbons (Fsp3) is 0.565. The van der Waals surface area contributed by atoms with Gasteiger partial charge >= 0.3 is 6.09 Å². The Morgan fingerprint density at radius 2 is 2.06 bits per heavy atom. The molecule has 9 nitrogen and oxygen atoms in total. The Bertz CT molecular complexity index is 957. The van der Waals surface area contributed by atoms with Gasteiger partial charge in [0.15, 0.2) is 5.96 Å². The quantitative estimate of drug-likeness (QED) is 0.506. The minimum absolute atomic E-state index is 0.220. The van der Waals surface area contributed by atoms with E-state index < -0.39 is 5.60 Å². The molecule has 1 aromatic heterocycles. The first kappa shape index (κ1) is 23.6. The van der Waals surface area contributed by atoms with E-state index >= 15 is 0 Å². The van der Waals surface area contributed by atoms with Crippen molar-refractivity contribution in [2.24, 2.45) is 12.0 Å². The molecule has 0 aliphatic heterocycles. The van der Waals surface area contributed by atoms with Crippen LogP contribution >= 0.6 is 0 Å². The van der Waals surface area contributed by atoms with Gasteiger partial charge in [0.2, 0.25) is 0 Å². The Balaban J connectivity index is 1.70. The summed E-state index contributed by atoms with van der Waals surface area (Å²) in [5.41, 5.74) is 2.49. The van der Waals surface area contributed by atoms with E-state index in [1.165, 1.54) is 6.33 Å². The first-order chi connectivity index (χ1) is 15.2. The summed E-state index contributed by atoms with van der Waals surface area (Å²) in [6.45, 7) is 11.5. The van der Waals surface area contributed by atoms with Gasteiger partial charge < -0.3 is 15.4 Å². The number of aryl methyl sites for hydroxylation is 2. The number of amides is 1. The number of hydrogen-bond donors (Lipinski definition) is 2. The number of carbonyl (C=O) groups is 1. The Morgan fingerprint density at radius 3 is 2.62 bits per heavy atom. The number of carbonyl (C=O) groups excluding carboxylic acids is 1. The van der Waals surface area contributed by atoms with Gasteiger partial charge in [0.25, 0.3) is 0 Å². The summed E-state index contributed by atoms with van der Waals surface area (Å²) in [6, 6.07) is 6.34. The lowest BCUT2D eigenvalue weighted by molar-refractivity contribution is 0.0577. The first-order valence-electron chi connectivity index (χ1n) is 11.1. The van der Waals surface area contributed by atoms with E-state index in [4.69, 9.17) is 9.73 Å². The molecule has 0 unspecified atom stereocenters. The molecule has 1 aliphatic rings. The van der Waals surface area contributed by atoms with Crippen LogP contribution in [0.3, 0.4) is 0 Å². The highest BCUT2D eigenvalue weighted by Gasteiger charge is 2.37. The maximum Gasteiger partial charge on any atom is 0.415 e. The zero-order chi connectivity index (χ0) is 23.3. The van der Waals surface area contributed by atoms with Gasteiger partial charge in [0.05, 0.1) is 18.8 Å². The SMILES string of the molecule is CCNC(=NCc1ccc(N(C(=O)OC(C)(C)C)C2CC2)c(C)c1)NCc1ncnn1C. The van der Waals surface area contributed by atoms with E-state index in [0.717, 1.165) is 42.0 Å². The lowest BCUT2D eigenvalue weighted by atomic mass is 10.1. The van der Waals surface area contributed by atoms with Crippen LogP contribution in [0.25, 0.3) is 0 Å². The number of guanidine groups is 1. The summed E-state index contributed by atoms with van der Waals surface area (Å²) in [5, 5.41) is 10.6. The highest BCUT2D eigenvalue weighted by Crippen LogP contribution is 2.35. The molecule has 174 valence electrons. The normalized spacial score (nSPS) is 14.2. The van der Waals surface area contributed by atoms with Crippen LogP contribution in [0.15, 0.2) is 29.5 Å². The van der Waals surface area contributed by atoms with E-state index in [0.29, 0.717) is 19.0 Å². The van der Waals surface area contributed by atoms with Crippen LogP contribution in [0, 0.1) is 6.92 Å². The average molecular weight is 442 g/mol. The molecule has 1 aromatic carbocycles. The largest absolute Gasteiger partial charge is 0.443 e. The molecular weight excluding hydrogens is 406 g/mol. The standard InChI is InChI=1S/C23H35N7O2/c1-7-24-21(26-14-20-27-15-28-29(20)6)25-13-17-8-11-19(16(2)12-17)30(18-9-10-18)22(31)32-23(3,4)5/h8,11-12,15,18H,7,9-10,13-14H2,1-6H3,(H2,24,25,26). The molecule has 1 aliphatic carbocycles. The average Bonchev–Trinajstić information content (AvgIpc) is 3.45. The summed E-state index contributed by atoms with van der Waals surface area (Å²) in [5.74, 6) is 1.55. The molecule has 1 heterocycles. The van der Waals surface area contributed by atoms with E-state index in [1.54, 1.807) is 9.58 Å². The van der Waals surface area contributed by atoms with Gasteiger partial charge in [-0.15, -0.1) is 0 Å². The number of aromatic nitrogens is 3. The molecule has 1 fully saturated rings. The van der Waals surface area contributed by atoms with Crippen LogP contribution in [-0.2, 0) is 24.9 Å². The maximum absolute atomic E-state index is 12.8. The molecule has 1 amide bonds. The third-order valence-electron chi connectivity index (χ3n) is 5.01. The van der Waals surface area contributed by atoms with Gasteiger partial charge in [-0.3, -0.25) is 9.58 Å². The van der Waals surface area contributed by atoms with Gasteiger partial charge in [-0.1, -0.05) is 12.1 Å². The number of nitrogens with one attached hydrogen (secondary N) is 2. The minimum atomic E-state index is -0.520. The predicted molar refractivity (Wildman–Crippen MR) is 126 cm³/mol. The van der Waals surface area contributed by atoms with Crippen molar-refractivity contribution in [1.82, 2.24) is 25.4 Å². The van der Waals surface area contributed by atoms with E-state index in [9.17, 15) is 4.79 Å².